The van der Waals surface area contributed by atoms with Crippen LogP contribution in [0.25, 0.3) is 10.9 Å². The van der Waals surface area contributed by atoms with Crippen molar-refractivity contribution in [1.82, 2.24) is 9.97 Å². The molecule has 0 aliphatic carbocycles. The molecule has 60 valence electrons. The summed E-state index contributed by atoms with van der Waals surface area (Å²) in [4.78, 5) is 7.98. The second-order valence-electron chi connectivity index (χ2n) is 2.35. The van der Waals surface area contributed by atoms with Gasteiger partial charge in [0.15, 0.2) is 0 Å². The summed E-state index contributed by atoms with van der Waals surface area (Å²) in [5.74, 6) is 0. The van der Waals surface area contributed by atoms with Gasteiger partial charge in [-0.2, -0.15) is 0 Å². The average Bonchev–Trinajstić information content (AvgIpc) is 2.07. The van der Waals surface area contributed by atoms with Crippen LogP contribution in [0.5, 0.6) is 0 Å². The Morgan fingerprint density at radius 1 is 1.33 bits per heavy atom. The van der Waals surface area contributed by atoms with Crippen molar-refractivity contribution in [2.45, 2.75) is 0 Å². The monoisotopic (exact) mass is 242 g/mol. The Kier molecular flexibility index (Phi) is 1.98. The van der Waals surface area contributed by atoms with Crippen molar-refractivity contribution >= 4 is 38.4 Å². The van der Waals surface area contributed by atoms with Crippen molar-refractivity contribution < 1.29 is 0 Å². The highest BCUT2D eigenvalue weighted by Crippen LogP contribution is 2.26. The van der Waals surface area contributed by atoms with Crippen molar-refractivity contribution in [1.29, 1.82) is 0 Å². The molecule has 0 unspecified atom stereocenters. The van der Waals surface area contributed by atoms with Crippen molar-refractivity contribution in [3.8, 4) is 0 Å². The van der Waals surface area contributed by atoms with Crippen LogP contribution < -0.4 is 0 Å². The lowest BCUT2D eigenvalue weighted by molar-refractivity contribution is 1.22. The van der Waals surface area contributed by atoms with Crippen molar-refractivity contribution in [3.05, 3.63) is 34.2 Å². The van der Waals surface area contributed by atoms with E-state index in [1.807, 2.05) is 12.1 Å². The van der Waals surface area contributed by atoms with Crippen LogP contribution in [0.3, 0.4) is 0 Å². The summed E-state index contributed by atoms with van der Waals surface area (Å²) in [6.45, 7) is 0. The third-order valence-corrected chi connectivity index (χ3v) is 2.74. The number of nitrogens with zero attached hydrogens (tertiary/aromatic N) is 2. The Morgan fingerprint density at radius 3 is 3.00 bits per heavy atom. The first-order valence-corrected chi connectivity index (χ1v) is 4.49. The molecule has 12 heavy (non-hydrogen) atoms. The third kappa shape index (κ3) is 1.30. The number of aromatic nitrogens is 2. The minimum atomic E-state index is 0.668. The molecule has 1 aromatic carbocycles. The zero-order chi connectivity index (χ0) is 8.55. The maximum Gasteiger partial charge on any atom is 0.116 e. The van der Waals surface area contributed by atoms with Crippen molar-refractivity contribution in [2.75, 3.05) is 0 Å². The summed E-state index contributed by atoms with van der Waals surface area (Å²) < 4.78 is 0.867. The molecule has 2 nitrogen and oxygen atoms in total. The first-order chi connectivity index (χ1) is 5.77. The summed E-state index contributed by atoms with van der Waals surface area (Å²) in [5, 5.41) is 1.65. The molecule has 1 aromatic heterocycles. The summed E-state index contributed by atoms with van der Waals surface area (Å²) in [6.07, 6.45) is 3.26. The number of hydrogen-bond donors (Lipinski definition) is 0. The largest absolute Gasteiger partial charge is 0.244 e. The topological polar surface area (TPSA) is 25.8 Å². The fourth-order valence-corrected chi connectivity index (χ4v) is 1.50. The Labute approximate surface area is 82.7 Å². The lowest BCUT2D eigenvalue weighted by Gasteiger charge is -1.98. The molecule has 4 heteroatoms. The van der Waals surface area contributed by atoms with Gasteiger partial charge in [-0.15, -0.1) is 0 Å². The SMILES string of the molecule is Clc1cc2ncncc2cc1Br. The van der Waals surface area contributed by atoms with Crippen LogP contribution in [0.1, 0.15) is 0 Å². The van der Waals surface area contributed by atoms with Gasteiger partial charge in [0.05, 0.1) is 10.5 Å². The molecule has 0 atom stereocenters. The van der Waals surface area contributed by atoms with Gasteiger partial charge in [-0.25, -0.2) is 9.97 Å². The van der Waals surface area contributed by atoms with E-state index in [0.717, 1.165) is 15.4 Å². The van der Waals surface area contributed by atoms with Crippen LogP contribution in [0, 0.1) is 0 Å². The molecule has 0 spiro atoms. The summed E-state index contributed by atoms with van der Waals surface area (Å²) in [6, 6.07) is 3.71. The Balaban J connectivity index is 2.84. The first kappa shape index (κ1) is 7.95. The Hall–Kier alpha value is -0.670. The second kappa shape index (κ2) is 2.99. The molecule has 2 aromatic rings. The lowest BCUT2D eigenvalue weighted by Crippen LogP contribution is -1.80. The number of halogens is 2. The van der Waals surface area contributed by atoms with E-state index in [4.69, 9.17) is 11.6 Å². The number of fused-ring (bicyclic) bond motifs is 1. The zero-order valence-corrected chi connectivity index (χ0v) is 8.30. The average molecular weight is 243 g/mol. The standard InChI is InChI=1S/C8H4BrClN2/c9-6-1-5-3-11-4-12-8(5)2-7(6)10/h1-4H. The van der Waals surface area contributed by atoms with Gasteiger partial charge >= 0.3 is 0 Å². The first-order valence-electron chi connectivity index (χ1n) is 3.32. The fraction of sp³-hybridized carbons (Fsp3) is 0. The number of benzene rings is 1. The smallest absolute Gasteiger partial charge is 0.116 e. The van der Waals surface area contributed by atoms with Gasteiger partial charge in [-0.3, -0.25) is 0 Å². The van der Waals surface area contributed by atoms with Crippen LogP contribution in [-0.2, 0) is 0 Å². The van der Waals surface area contributed by atoms with Crippen LogP contribution in [-0.4, -0.2) is 9.97 Å². The van der Waals surface area contributed by atoms with E-state index in [9.17, 15) is 0 Å². The van der Waals surface area contributed by atoms with Gasteiger partial charge in [-0.1, -0.05) is 11.6 Å². The fourth-order valence-electron chi connectivity index (χ4n) is 0.976. The van der Waals surface area contributed by atoms with Crippen LogP contribution in [0.15, 0.2) is 29.1 Å². The highest BCUT2D eigenvalue weighted by molar-refractivity contribution is 9.10. The van der Waals surface area contributed by atoms with Gasteiger partial charge in [0.1, 0.15) is 6.33 Å². The zero-order valence-electron chi connectivity index (χ0n) is 5.96. The predicted molar refractivity (Wildman–Crippen MR) is 52.2 cm³/mol. The van der Waals surface area contributed by atoms with E-state index < -0.39 is 0 Å². The van der Waals surface area contributed by atoms with E-state index in [2.05, 4.69) is 25.9 Å². The number of hydrogen-bond acceptors (Lipinski definition) is 2. The molecule has 0 N–H and O–H groups in total. The highest BCUT2D eigenvalue weighted by Gasteiger charge is 1.99. The number of rotatable bonds is 0. The maximum absolute atomic E-state index is 5.88. The molecular weight excluding hydrogens is 239 g/mol. The quantitative estimate of drug-likeness (QED) is 0.711. The van der Waals surface area contributed by atoms with E-state index >= 15 is 0 Å². The molecule has 0 radical (unpaired) electrons. The minimum absolute atomic E-state index is 0.668. The normalized spacial score (nSPS) is 10.5. The maximum atomic E-state index is 5.88. The molecule has 0 aliphatic rings. The minimum Gasteiger partial charge on any atom is -0.244 e. The predicted octanol–water partition coefficient (Wildman–Crippen LogP) is 3.05. The van der Waals surface area contributed by atoms with Gasteiger partial charge in [0, 0.05) is 16.1 Å². The summed E-state index contributed by atoms with van der Waals surface area (Å²) in [5.41, 5.74) is 0.859. The van der Waals surface area contributed by atoms with Crippen LogP contribution in [0.2, 0.25) is 5.02 Å². The van der Waals surface area contributed by atoms with Gasteiger partial charge in [0.2, 0.25) is 0 Å². The van der Waals surface area contributed by atoms with Gasteiger partial charge in [0.25, 0.3) is 0 Å². The molecule has 0 fully saturated rings. The highest BCUT2D eigenvalue weighted by atomic mass is 79.9. The molecule has 0 bridgehead atoms. The van der Waals surface area contributed by atoms with Gasteiger partial charge in [-0.05, 0) is 28.1 Å². The Morgan fingerprint density at radius 2 is 2.17 bits per heavy atom. The van der Waals surface area contributed by atoms with Crippen LogP contribution >= 0.6 is 27.5 Å². The van der Waals surface area contributed by atoms with Gasteiger partial charge < -0.3 is 0 Å². The summed E-state index contributed by atoms with van der Waals surface area (Å²) >= 11 is 9.21. The lowest BCUT2D eigenvalue weighted by atomic mass is 10.2. The van der Waals surface area contributed by atoms with E-state index in [1.54, 1.807) is 6.20 Å². The molecule has 0 saturated carbocycles. The Bertz CT molecular complexity index is 390. The molecule has 0 amide bonds. The molecule has 2 rings (SSSR count). The van der Waals surface area contributed by atoms with E-state index in [-0.39, 0.29) is 0 Å². The third-order valence-electron chi connectivity index (χ3n) is 1.55. The molecular formula is C8H4BrClN2. The molecule has 1 heterocycles. The molecule has 0 aliphatic heterocycles. The molecule has 0 saturated heterocycles. The van der Waals surface area contributed by atoms with E-state index in [0.29, 0.717) is 5.02 Å². The van der Waals surface area contributed by atoms with E-state index in [1.165, 1.54) is 6.33 Å². The van der Waals surface area contributed by atoms with Crippen LogP contribution in [0.4, 0.5) is 0 Å². The van der Waals surface area contributed by atoms with Crippen molar-refractivity contribution in [2.24, 2.45) is 0 Å². The second-order valence-corrected chi connectivity index (χ2v) is 3.61. The summed E-state index contributed by atoms with van der Waals surface area (Å²) in [7, 11) is 0. The van der Waals surface area contributed by atoms with Crippen molar-refractivity contribution in [3.63, 3.8) is 0 Å².